The molecule has 0 aromatic rings. The zero-order valence-electron chi connectivity index (χ0n) is 14.6. The molecule has 2 heteroatoms. The maximum absolute atomic E-state index is 12.4. The molecule has 0 heterocycles. The third-order valence-electron chi connectivity index (χ3n) is 5.72. The fourth-order valence-electron chi connectivity index (χ4n) is 4.21. The Balaban J connectivity index is 1.79. The highest BCUT2D eigenvalue weighted by molar-refractivity contribution is 5.92. The lowest BCUT2D eigenvalue weighted by molar-refractivity contribution is -0.127. The summed E-state index contributed by atoms with van der Waals surface area (Å²) in [6, 6.07) is 0. The highest BCUT2D eigenvalue weighted by Crippen LogP contribution is 2.28. The zero-order chi connectivity index (χ0) is 15.8. The quantitative estimate of drug-likeness (QED) is 0.582. The van der Waals surface area contributed by atoms with Crippen molar-refractivity contribution in [2.24, 2.45) is 11.8 Å². The second-order valence-corrected chi connectivity index (χ2v) is 7.66. The Labute approximate surface area is 137 Å². The predicted molar refractivity (Wildman–Crippen MR) is 93.8 cm³/mol. The Hall–Kier alpha value is -0.790. The van der Waals surface area contributed by atoms with E-state index in [0.29, 0.717) is 5.57 Å². The lowest BCUT2D eigenvalue weighted by atomic mass is 9.86. The molecule has 2 nitrogen and oxygen atoms in total. The van der Waals surface area contributed by atoms with Crippen LogP contribution in [0.15, 0.2) is 12.2 Å². The van der Waals surface area contributed by atoms with E-state index in [9.17, 15) is 4.79 Å². The van der Waals surface area contributed by atoms with Crippen LogP contribution in [0, 0.1) is 11.8 Å². The van der Waals surface area contributed by atoms with Crippen molar-refractivity contribution in [3.8, 4) is 0 Å². The van der Waals surface area contributed by atoms with Gasteiger partial charge in [-0.1, -0.05) is 70.8 Å². The highest BCUT2D eigenvalue weighted by atomic mass is 16.2. The molecule has 0 atom stereocenters. The topological polar surface area (TPSA) is 20.3 Å². The van der Waals surface area contributed by atoms with Gasteiger partial charge in [-0.2, -0.15) is 0 Å². The summed E-state index contributed by atoms with van der Waals surface area (Å²) < 4.78 is 0. The van der Waals surface area contributed by atoms with Gasteiger partial charge in [0.25, 0.3) is 0 Å². The van der Waals surface area contributed by atoms with Gasteiger partial charge in [0, 0.05) is 18.7 Å². The average molecular weight is 306 g/mol. The SMILES string of the molecule is C=C(C)C(=O)N(CCC1CCCCC1)CCC1CCCCC1. The molecule has 2 saturated carbocycles. The Morgan fingerprint density at radius 3 is 1.64 bits per heavy atom. The molecule has 0 saturated heterocycles. The van der Waals surface area contributed by atoms with E-state index in [1.807, 2.05) is 6.92 Å². The minimum Gasteiger partial charge on any atom is -0.339 e. The minimum absolute atomic E-state index is 0.187. The van der Waals surface area contributed by atoms with Crippen LogP contribution in [-0.4, -0.2) is 23.9 Å². The molecule has 22 heavy (non-hydrogen) atoms. The molecule has 2 rings (SSSR count). The zero-order valence-corrected chi connectivity index (χ0v) is 14.6. The normalized spacial score (nSPS) is 20.8. The Morgan fingerprint density at radius 2 is 1.27 bits per heavy atom. The maximum atomic E-state index is 12.4. The standard InChI is InChI=1S/C20H35NO/c1-17(2)20(22)21(15-13-18-9-5-3-6-10-18)16-14-19-11-7-4-8-12-19/h18-19H,1,3-16H2,2H3. The maximum Gasteiger partial charge on any atom is 0.248 e. The van der Waals surface area contributed by atoms with Gasteiger partial charge in [0.05, 0.1) is 0 Å². The first kappa shape index (κ1) is 17.6. The predicted octanol–water partition coefficient (Wildman–Crippen LogP) is 5.33. The summed E-state index contributed by atoms with van der Waals surface area (Å²) in [5.74, 6) is 1.89. The van der Waals surface area contributed by atoms with Gasteiger partial charge in [-0.05, 0) is 31.6 Å². The van der Waals surface area contributed by atoms with Crippen molar-refractivity contribution in [3.05, 3.63) is 12.2 Å². The van der Waals surface area contributed by atoms with E-state index in [2.05, 4.69) is 11.5 Å². The molecule has 0 N–H and O–H groups in total. The Kier molecular flexibility index (Phi) is 7.48. The van der Waals surface area contributed by atoms with Gasteiger partial charge in [-0.25, -0.2) is 0 Å². The lowest BCUT2D eigenvalue weighted by Crippen LogP contribution is -2.35. The molecule has 0 radical (unpaired) electrons. The van der Waals surface area contributed by atoms with Gasteiger partial charge in [-0.3, -0.25) is 4.79 Å². The average Bonchev–Trinajstić information content (AvgIpc) is 2.56. The second kappa shape index (κ2) is 9.37. The highest BCUT2D eigenvalue weighted by Gasteiger charge is 2.20. The van der Waals surface area contributed by atoms with E-state index in [-0.39, 0.29) is 5.91 Å². The third-order valence-corrected chi connectivity index (χ3v) is 5.72. The van der Waals surface area contributed by atoms with E-state index in [4.69, 9.17) is 0 Å². The molecule has 0 bridgehead atoms. The van der Waals surface area contributed by atoms with Crippen molar-refractivity contribution in [1.29, 1.82) is 0 Å². The van der Waals surface area contributed by atoms with Crippen molar-refractivity contribution in [1.82, 2.24) is 4.90 Å². The lowest BCUT2D eigenvalue weighted by Gasteiger charge is -2.29. The van der Waals surface area contributed by atoms with Crippen molar-refractivity contribution in [2.45, 2.75) is 84.0 Å². The fourth-order valence-corrected chi connectivity index (χ4v) is 4.21. The van der Waals surface area contributed by atoms with Crippen LogP contribution < -0.4 is 0 Å². The summed E-state index contributed by atoms with van der Waals surface area (Å²) in [6.45, 7) is 7.63. The molecule has 0 spiro atoms. The molecular formula is C20H35NO. The first-order chi connectivity index (χ1) is 10.7. The molecule has 1 amide bonds. The van der Waals surface area contributed by atoms with Crippen LogP contribution in [0.25, 0.3) is 0 Å². The number of hydrogen-bond acceptors (Lipinski definition) is 1. The summed E-state index contributed by atoms with van der Waals surface area (Å²) in [7, 11) is 0. The number of carbonyl (C=O) groups excluding carboxylic acids is 1. The van der Waals surface area contributed by atoms with E-state index in [0.717, 1.165) is 24.9 Å². The Bertz CT molecular complexity index is 329. The summed E-state index contributed by atoms with van der Waals surface area (Å²) >= 11 is 0. The van der Waals surface area contributed by atoms with Crippen LogP contribution in [0.5, 0.6) is 0 Å². The fraction of sp³-hybridized carbons (Fsp3) is 0.850. The van der Waals surface area contributed by atoms with Gasteiger partial charge in [-0.15, -0.1) is 0 Å². The monoisotopic (exact) mass is 305 g/mol. The molecule has 0 aromatic heterocycles. The first-order valence-electron chi connectivity index (χ1n) is 9.61. The molecule has 126 valence electrons. The molecular weight excluding hydrogens is 270 g/mol. The number of carbonyl (C=O) groups is 1. The molecule has 0 aliphatic heterocycles. The summed E-state index contributed by atoms with van der Waals surface area (Å²) in [5.41, 5.74) is 0.701. The number of hydrogen-bond donors (Lipinski definition) is 0. The van der Waals surface area contributed by atoms with Crippen LogP contribution in [0.3, 0.4) is 0 Å². The third kappa shape index (κ3) is 5.78. The van der Waals surface area contributed by atoms with Crippen LogP contribution in [-0.2, 0) is 4.79 Å². The van der Waals surface area contributed by atoms with Crippen molar-refractivity contribution >= 4 is 5.91 Å². The summed E-state index contributed by atoms with van der Waals surface area (Å²) in [4.78, 5) is 14.5. The van der Waals surface area contributed by atoms with Crippen molar-refractivity contribution in [2.75, 3.05) is 13.1 Å². The number of nitrogens with zero attached hydrogens (tertiary/aromatic N) is 1. The summed E-state index contributed by atoms with van der Waals surface area (Å²) in [5, 5.41) is 0. The molecule has 0 unspecified atom stereocenters. The van der Waals surface area contributed by atoms with Gasteiger partial charge >= 0.3 is 0 Å². The van der Waals surface area contributed by atoms with E-state index >= 15 is 0 Å². The van der Waals surface area contributed by atoms with Crippen LogP contribution in [0.1, 0.15) is 84.0 Å². The molecule has 0 aromatic carbocycles. The van der Waals surface area contributed by atoms with Crippen molar-refractivity contribution in [3.63, 3.8) is 0 Å². The van der Waals surface area contributed by atoms with Crippen molar-refractivity contribution < 1.29 is 4.79 Å². The van der Waals surface area contributed by atoms with Crippen LogP contribution >= 0.6 is 0 Å². The summed E-state index contributed by atoms with van der Waals surface area (Å²) in [6.07, 6.45) is 16.3. The minimum atomic E-state index is 0.187. The van der Waals surface area contributed by atoms with Gasteiger partial charge in [0.15, 0.2) is 0 Å². The Morgan fingerprint density at radius 1 is 0.864 bits per heavy atom. The molecule has 2 fully saturated rings. The van der Waals surface area contributed by atoms with Gasteiger partial charge < -0.3 is 4.90 Å². The van der Waals surface area contributed by atoms with Crippen LogP contribution in [0.2, 0.25) is 0 Å². The van der Waals surface area contributed by atoms with E-state index < -0.39 is 0 Å². The second-order valence-electron chi connectivity index (χ2n) is 7.66. The van der Waals surface area contributed by atoms with Crippen LogP contribution in [0.4, 0.5) is 0 Å². The molecule has 2 aliphatic rings. The number of rotatable bonds is 7. The molecule has 2 aliphatic carbocycles. The number of amides is 1. The largest absolute Gasteiger partial charge is 0.339 e. The van der Waals surface area contributed by atoms with Gasteiger partial charge in [0.1, 0.15) is 0 Å². The van der Waals surface area contributed by atoms with E-state index in [1.54, 1.807) is 0 Å². The first-order valence-corrected chi connectivity index (χ1v) is 9.61. The van der Waals surface area contributed by atoms with Gasteiger partial charge in [0.2, 0.25) is 5.91 Å². The smallest absolute Gasteiger partial charge is 0.248 e. The van der Waals surface area contributed by atoms with E-state index in [1.165, 1.54) is 77.0 Å².